The standard InChI is InChI=1S/C21H24N4O5S2/c1-12-13(7-9-29-12)19-24-25-21(30-19)31-11-16(26)23-20-17(18(27)22-8-10-28-2)14-5-3-4-6-15(14)32-20/h7,9H,3-6,8,10-11H2,1-2H3,(H,22,27)(H,23,26). The van der Waals surface area contributed by atoms with Crippen molar-refractivity contribution in [1.82, 2.24) is 15.5 Å². The predicted molar refractivity (Wildman–Crippen MR) is 121 cm³/mol. The second kappa shape index (κ2) is 10.3. The molecular weight excluding hydrogens is 452 g/mol. The van der Waals surface area contributed by atoms with Crippen LogP contribution in [0, 0.1) is 6.92 Å². The second-order valence-electron chi connectivity index (χ2n) is 7.26. The SMILES string of the molecule is COCCNC(=O)c1c(NC(=O)CSc2nnc(-c3ccoc3C)o2)sc2c1CCCC2. The van der Waals surface area contributed by atoms with Crippen molar-refractivity contribution in [3.05, 3.63) is 34.1 Å². The molecule has 0 aromatic carbocycles. The van der Waals surface area contributed by atoms with Crippen LogP contribution in [0.4, 0.5) is 5.00 Å². The van der Waals surface area contributed by atoms with E-state index in [9.17, 15) is 9.59 Å². The maximum atomic E-state index is 12.8. The monoisotopic (exact) mass is 476 g/mol. The zero-order valence-corrected chi connectivity index (χ0v) is 19.5. The summed E-state index contributed by atoms with van der Waals surface area (Å²) in [5.74, 6) is 0.695. The number of carbonyl (C=O) groups is 2. The molecule has 0 saturated heterocycles. The molecule has 3 aromatic rings. The van der Waals surface area contributed by atoms with Crippen LogP contribution in [-0.4, -0.2) is 48.0 Å². The molecule has 1 aliphatic carbocycles. The molecule has 0 unspecified atom stereocenters. The third kappa shape index (κ3) is 5.05. The van der Waals surface area contributed by atoms with Gasteiger partial charge in [0.1, 0.15) is 10.8 Å². The number of nitrogens with one attached hydrogen (secondary N) is 2. The number of ether oxygens (including phenoxy) is 1. The number of hydrogen-bond acceptors (Lipinski definition) is 9. The minimum atomic E-state index is -0.237. The van der Waals surface area contributed by atoms with Gasteiger partial charge in [0, 0.05) is 18.5 Å². The summed E-state index contributed by atoms with van der Waals surface area (Å²) in [6.45, 7) is 2.66. The van der Waals surface area contributed by atoms with Crippen LogP contribution in [0.25, 0.3) is 11.5 Å². The molecule has 0 spiro atoms. The number of thiophene rings is 1. The largest absolute Gasteiger partial charge is 0.469 e. The van der Waals surface area contributed by atoms with Gasteiger partial charge in [-0.2, -0.15) is 0 Å². The third-order valence-corrected chi connectivity index (χ3v) is 7.09. The maximum Gasteiger partial charge on any atom is 0.277 e. The van der Waals surface area contributed by atoms with Crippen molar-refractivity contribution in [2.45, 2.75) is 37.8 Å². The Morgan fingerprint density at radius 1 is 1.28 bits per heavy atom. The molecule has 9 nitrogen and oxygen atoms in total. The first kappa shape index (κ1) is 22.6. The Morgan fingerprint density at radius 2 is 2.12 bits per heavy atom. The number of amides is 2. The Bertz CT molecular complexity index is 1100. The van der Waals surface area contributed by atoms with Crippen molar-refractivity contribution >= 4 is 39.9 Å². The molecule has 0 fully saturated rings. The van der Waals surface area contributed by atoms with E-state index in [2.05, 4.69) is 20.8 Å². The van der Waals surface area contributed by atoms with Crippen molar-refractivity contribution in [1.29, 1.82) is 0 Å². The van der Waals surface area contributed by atoms with Crippen molar-refractivity contribution in [2.24, 2.45) is 0 Å². The molecule has 170 valence electrons. The molecule has 1 aliphatic rings. The Balaban J connectivity index is 1.42. The number of anilines is 1. The van der Waals surface area contributed by atoms with Crippen molar-refractivity contribution in [3.63, 3.8) is 0 Å². The lowest BCUT2D eigenvalue weighted by atomic mass is 9.95. The fraction of sp³-hybridized carbons (Fsp3) is 0.429. The Labute approximate surface area is 193 Å². The summed E-state index contributed by atoms with van der Waals surface area (Å²) in [7, 11) is 1.59. The molecule has 0 saturated carbocycles. The van der Waals surface area contributed by atoms with Crippen LogP contribution >= 0.6 is 23.1 Å². The molecule has 0 atom stereocenters. The highest BCUT2D eigenvalue weighted by Gasteiger charge is 2.26. The zero-order valence-electron chi connectivity index (χ0n) is 17.9. The normalized spacial score (nSPS) is 13.1. The number of fused-ring (bicyclic) bond motifs is 1. The van der Waals surface area contributed by atoms with Crippen LogP contribution in [0.3, 0.4) is 0 Å². The second-order valence-corrected chi connectivity index (χ2v) is 9.30. The van der Waals surface area contributed by atoms with Gasteiger partial charge in [-0.3, -0.25) is 9.59 Å². The first-order chi connectivity index (χ1) is 15.6. The van der Waals surface area contributed by atoms with Gasteiger partial charge in [0.15, 0.2) is 0 Å². The summed E-state index contributed by atoms with van der Waals surface area (Å²) in [5.41, 5.74) is 2.35. The van der Waals surface area contributed by atoms with E-state index >= 15 is 0 Å². The lowest BCUT2D eigenvalue weighted by molar-refractivity contribution is -0.113. The van der Waals surface area contributed by atoms with Gasteiger partial charge in [0.05, 0.1) is 29.7 Å². The van der Waals surface area contributed by atoms with Crippen LogP contribution in [0.15, 0.2) is 26.4 Å². The topological polar surface area (TPSA) is 119 Å². The minimum Gasteiger partial charge on any atom is -0.469 e. The summed E-state index contributed by atoms with van der Waals surface area (Å²) in [6, 6.07) is 1.75. The zero-order chi connectivity index (χ0) is 22.5. The quantitative estimate of drug-likeness (QED) is 0.354. The third-order valence-electron chi connectivity index (χ3n) is 5.07. The fourth-order valence-corrected chi connectivity index (χ4v) is 5.39. The summed E-state index contributed by atoms with van der Waals surface area (Å²) in [4.78, 5) is 26.6. The van der Waals surface area contributed by atoms with E-state index in [-0.39, 0.29) is 17.6 Å². The van der Waals surface area contributed by atoms with Crippen LogP contribution in [0.2, 0.25) is 0 Å². The van der Waals surface area contributed by atoms with Gasteiger partial charge in [0.25, 0.3) is 17.0 Å². The number of nitrogens with zero attached hydrogens (tertiary/aromatic N) is 2. The maximum absolute atomic E-state index is 12.8. The summed E-state index contributed by atoms with van der Waals surface area (Å²) >= 11 is 2.63. The lowest BCUT2D eigenvalue weighted by Crippen LogP contribution is -2.29. The van der Waals surface area contributed by atoms with Crippen molar-refractivity contribution < 1.29 is 23.2 Å². The number of hydrogen-bond donors (Lipinski definition) is 2. The molecule has 3 heterocycles. The van der Waals surface area contributed by atoms with Gasteiger partial charge in [-0.25, -0.2) is 0 Å². The summed E-state index contributed by atoms with van der Waals surface area (Å²) in [6.07, 6.45) is 5.47. The van der Waals surface area contributed by atoms with Gasteiger partial charge in [-0.1, -0.05) is 11.8 Å². The first-order valence-corrected chi connectivity index (χ1v) is 12.1. The van der Waals surface area contributed by atoms with E-state index in [4.69, 9.17) is 13.6 Å². The number of furan rings is 1. The Morgan fingerprint density at radius 3 is 2.91 bits per heavy atom. The number of methoxy groups -OCH3 is 1. The molecule has 2 N–H and O–H groups in total. The number of thioether (sulfide) groups is 1. The number of aryl methyl sites for hydroxylation is 2. The predicted octanol–water partition coefficient (Wildman–Crippen LogP) is 3.69. The van der Waals surface area contributed by atoms with Gasteiger partial charge in [0.2, 0.25) is 5.91 Å². The average molecular weight is 477 g/mol. The molecule has 32 heavy (non-hydrogen) atoms. The first-order valence-electron chi connectivity index (χ1n) is 10.3. The fourth-order valence-electron chi connectivity index (χ4n) is 3.52. The van der Waals surface area contributed by atoms with Crippen molar-refractivity contribution in [3.8, 4) is 11.5 Å². The molecule has 0 radical (unpaired) electrons. The Hall–Kier alpha value is -2.63. The highest BCUT2D eigenvalue weighted by molar-refractivity contribution is 7.99. The summed E-state index contributed by atoms with van der Waals surface area (Å²) < 4.78 is 15.9. The van der Waals surface area contributed by atoms with E-state index in [1.807, 2.05) is 6.92 Å². The van der Waals surface area contributed by atoms with E-state index in [0.29, 0.717) is 40.6 Å². The molecule has 0 aliphatic heterocycles. The number of rotatable bonds is 9. The molecule has 4 rings (SSSR count). The molecule has 3 aromatic heterocycles. The number of carbonyl (C=O) groups excluding carboxylic acids is 2. The lowest BCUT2D eigenvalue weighted by Gasteiger charge is -2.13. The molecule has 0 bridgehead atoms. The van der Waals surface area contributed by atoms with Gasteiger partial charge in [-0.15, -0.1) is 21.5 Å². The summed E-state index contributed by atoms with van der Waals surface area (Å²) in [5, 5.41) is 14.7. The van der Waals surface area contributed by atoms with E-state index in [1.54, 1.807) is 19.4 Å². The molecule has 2 amide bonds. The van der Waals surface area contributed by atoms with Crippen LogP contribution in [-0.2, 0) is 22.4 Å². The molecule has 11 heteroatoms. The highest BCUT2D eigenvalue weighted by atomic mass is 32.2. The van der Waals surface area contributed by atoms with E-state index in [1.165, 1.54) is 16.2 Å². The van der Waals surface area contributed by atoms with Gasteiger partial charge < -0.3 is 24.2 Å². The van der Waals surface area contributed by atoms with Crippen molar-refractivity contribution in [2.75, 3.05) is 31.3 Å². The highest BCUT2D eigenvalue weighted by Crippen LogP contribution is 2.38. The van der Waals surface area contributed by atoms with E-state index in [0.717, 1.165) is 48.6 Å². The number of aromatic nitrogens is 2. The average Bonchev–Trinajstić information content (AvgIpc) is 3.50. The van der Waals surface area contributed by atoms with Crippen LogP contribution in [0.5, 0.6) is 0 Å². The van der Waals surface area contributed by atoms with Gasteiger partial charge in [-0.05, 0) is 44.2 Å². The van der Waals surface area contributed by atoms with Gasteiger partial charge >= 0.3 is 0 Å². The van der Waals surface area contributed by atoms with Crippen LogP contribution < -0.4 is 10.6 Å². The Kier molecular flexibility index (Phi) is 7.28. The smallest absolute Gasteiger partial charge is 0.277 e. The minimum absolute atomic E-state index is 0.0826. The van der Waals surface area contributed by atoms with Crippen LogP contribution in [0.1, 0.15) is 39.4 Å². The molecular formula is C21H24N4O5S2. The van der Waals surface area contributed by atoms with E-state index < -0.39 is 0 Å².